The van der Waals surface area contributed by atoms with Crippen molar-refractivity contribution < 1.29 is 9.47 Å². The van der Waals surface area contributed by atoms with Crippen LogP contribution in [0.2, 0.25) is 0 Å². The highest BCUT2D eigenvalue weighted by Crippen LogP contribution is 2.22. The number of anilines is 1. The molecule has 0 aliphatic heterocycles. The van der Waals surface area contributed by atoms with Crippen molar-refractivity contribution in [2.24, 2.45) is 0 Å². The predicted molar refractivity (Wildman–Crippen MR) is 95.9 cm³/mol. The zero-order valence-electron chi connectivity index (χ0n) is 13.6. The van der Waals surface area contributed by atoms with Crippen molar-refractivity contribution >= 4 is 5.69 Å². The Hall–Kier alpha value is -3.01. The van der Waals surface area contributed by atoms with Gasteiger partial charge in [-0.2, -0.15) is 0 Å². The number of nitrogens with zero attached hydrogens (tertiary/aromatic N) is 1. The fraction of sp³-hybridized carbons (Fsp3) is 0.150. The molecule has 0 amide bonds. The number of hydrogen-bond acceptors (Lipinski definition) is 4. The van der Waals surface area contributed by atoms with Gasteiger partial charge >= 0.3 is 0 Å². The molecular formula is C20H20N2O2. The third-order valence-corrected chi connectivity index (χ3v) is 3.63. The lowest BCUT2D eigenvalue weighted by atomic mass is 10.1. The highest BCUT2D eigenvalue weighted by Gasteiger charge is 1.99. The molecule has 1 aromatic heterocycles. The molecule has 0 aliphatic rings. The Morgan fingerprint density at radius 2 is 1.62 bits per heavy atom. The molecule has 24 heavy (non-hydrogen) atoms. The molecule has 0 saturated heterocycles. The summed E-state index contributed by atoms with van der Waals surface area (Å²) in [6.07, 6.45) is 4.38. The van der Waals surface area contributed by atoms with Crippen molar-refractivity contribution in [3.8, 4) is 17.2 Å². The molecule has 1 heterocycles. The monoisotopic (exact) mass is 320 g/mol. The standard InChI is InChI=1S/C20H20N2O2/c1-23-18-8-4-16(5-9-18)12-14-22-17-6-10-19(11-7-17)24-20-3-2-13-21-15-20/h2-11,13,15,22H,12,14H2,1H3. The topological polar surface area (TPSA) is 43.4 Å². The lowest BCUT2D eigenvalue weighted by Crippen LogP contribution is -2.04. The lowest BCUT2D eigenvalue weighted by Gasteiger charge is -2.09. The lowest BCUT2D eigenvalue weighted by molar-refractivity contribution is 0.414. The van der Waals surface area contributed by atoms with Crippen molar-refractivity contribution in [3.05, 3.63) is 78.6 Å². The summed E-state index contributed by atoms with van der Waals surface area (Å²) < 4.78 is 10.9. The zero-order valence-corrected chi connectivity index (χ0v) is 13.6. The highest BCUT2D eigenvalue weighted by molar-refractivity contribution is 5.47. The molecule has 4 nitrogen and oxygen atoms in total. The fourth-order valence-corrected chi connectivity index (χ4v) is 2.33. The van der Waals surface area contributed by atoms with Gasteiger partial charge in [-0.05, 0) is 60.5 Å². The summed E-state index contributed by atoms with van der Waals surface area (Å²) in [5, 5.41) is 3.41. The summed E-state index contributed by atoms with van der Waals surface area (Å²) in [5.41, 5.74) is 2.35. The van der Waals surface area contributed by atoms with Gasteiger partial charge in [-0.1, -0.05) is 12.1 Å². The van der Waals surface area contributed by atoms with E-state index in [4.69, 9.17) is 9.47 Å². The van der Waals surface area contributed by atoms with E-state index in [2.05, 4.69) is 22.4 Å². The third-order valence-electron chi connectivity index (χ3n) is 3.63. The van der Waals surface area contributed by atoms with Gasteiger partial charge in [0, 0.05) is 18.4 Å². The van der Waals surface area contributed by atoms with Crippen LogP contribution in [-0.4, -0.2) is 18.6 Å². The molecule has 0 atom stereocenters. The molecular weight excluding hydrogens is 300 g/mol. The number of rotatable bonds is 7. The van der Waals surface area contributed by atoms with E-state index in [0.29, 0.717) is 0 Å². The molecule has 2 aromatic carbocycles. The molecule has 0 aliphatic carbocycles. The summed E-state index contributed by atoms with van der Waals surface area (Å²) in [6, 6.07) is 19.8. The smallest absolute Gasteiger partial charge is 0.145 e. The van der Waals surface area contributed by atoms with Crippen LogP contribution in [0.5, 0.6) is 17.2 Å². The fourth-order valence-electron chi connectivity index (χ4n) is 2.33. The first-order valence-electron chi connectivity index (χ1n) is 7.88. The van der Waals surface area contributed by atoms with Gasteiger partial charge in [0.1, 0.15) is 17.2 Å². The Morgan fingerprint density at radius 1 is 0.875 bits per heavy atom. The molecule has 0 unspecified atom stereocenters. The van der Waals surface area contributed by atoms with Crippen molar-refractivity contribution in [3.63, 3.8) is 0 Å². The first kappa shape index (κ1) is 15.9. The quantitative estimate of drug-likeness (QED) is 0.694. The number of aromatic nitrogens is 1. The van der Waals surface area contributed by atoms with Gasteiger partial charge in [0.25, 0.3) is 0 Å². The maximum Gasteiger partial charge on any atom is 0.145 e. The Morgan fingerprint density at radius 3 is 2.29 bits per heavy atom. The van der Waals surface area contributed by atoms with Crippen LogP contribution in [0.3, 0.4) is 0 Å². The Kier molecular flexibility index (Phi) is 5.30. The minimum Gasteiger partial charge on any atom is -0.497 e. The minimum absolute atomic E-state index is 0.734. The molecule has 0 fully saturated rings. The van der Waals surface area contributed by atoms with E-state index in [1.54, 1.807) is 19.5 Å². The van der Waals surface area contributed by atoms with Crippen LogP contribution < -0.4 is 14.8 Å². The van der Waals surface area contributed by atoms with Gasteiger partial charge < -0.3 is 14.8 Å². The van der Waals surface area contributed by atoms with Crippen LogP contribution in [0.4, 0.5) is 5.69 Å². The largest absolute Gasteiger partial charge is 0.497 e. The van der Waals surface area contributed by atoms with Crippen LogP contribution in [0.15, 0.2) is 73.1 Å². The molecule has 122 valence electrons. The van der Waals surface area contributed by atoms with Gasteiger partial charge in [-0.25, -0.2) is 0 Å². The van der Waals surface area contributed by atoms with Crippen LogP contribution >= 0.6 is 0 Å². The molecule has 0 radical (unpaired) electrons. The van der Waals surface area contributed by atoms with Gasteiger partial charge in [0.2, 0.25) is 0 Å². The maximum absolute atomic E-state index is 5.73. The van der Waals surface area contributed by atoms with Crippen LogP contribution in [0.1, 0.15) is 5.56 Å². The van der Waals surface area contributed by atoms with Crippen LogP contribution in [0.25, 0.3) is 0 Å². The Balaban J connectivity index is 1.49. The SMILES string of the molecule is COc1ccc(CCNc2ccc(Oc3cccnc3)cc2)cc1. The number of ether oxygens (including phenoxy) is 2. The summed E-state index contributed by atoms with van der Waals surface area (Å²) >= 11 is 0. The molecule has 1 N–H and O–H groups in total. The second kappa shape index (κ2) is 8.02. The second-order valence-electron chi connectivity index (χ2n) is 5.34. The van der Waals surface area contributed by atoms with Crippen molar-refractivity contribution in [1.82, 2.24) is 4.98 Å². The van der Waals surface area contributed by atoms with E-state index in [1.807, 2.05) is 48.5 Å². The first-order chi connectivity index (χ1) is 11.8. The Bertz CT molecular complexity index is 741. The van der Waals surface area contributed by atoms with Crippen LogP contribution in [0, 0.1) is 0 Å². The van der Waals surface area contributed by atoms with E-state index < -0.39 is 0 Å². The number of benzene rings is 2. The highest BCUT2D eigenvalue weighted by atomic mass is 16.5. The van der Waals surface area contributed by atoms with Gasteiger partial charge in [-0.15, -0.1) is 0 Å². The van der Waals surface area contributed by atoms with E-state index in [0.717, 1.165) is 35.9 Å². The minimum atomic E-state index is 0.734. The zero-order chi connectivity index (χ0) is 16.6. The molecule has 3 aromatic rings. The summed E-state index contributed by atoms with van der Waals surface area (Å²) in [6.45, 7) is 0.870. The number of methoxy groups -OCH3 is 1. The molecule has 3 rings (SSSR count). The molecule has 0 saturated carbocycles. The summed E-state index contributed by atoms with van der Waals surface area (Å²) in [5.74, 6) is 2.41. The average molecular weight is 320 g/mol. The molecule has 0 bridgehead atoms. The van der Waals surface area contributed by atoms with E-state index in [1.165, 1.54) is 5.56 Å². The van der Waals surface area contributed by atoms with Crippen LogP contribution in [-0.2, 0) is 6.42 Å². The van der Waals surface area contributed by atoms with E-state index in [9.17, 15) is 0 Å². The third kappa shape index (κ3) is 4.49. The second-order valence-corrected chi connectivity index (χ2v) is 5.34. The number of nitrogens with one attached hydrogen (secondary N) is 1. The van der Waals surface area contributed by atoms with Gasteiger partial charge in [0.05, 0.1) is 13.3 Å². The van der Waals surface area contributed by atoms with E-state index >= 15 is 0 Å². The normalized spacial score (nSPS) is 10.2. The van der Waals surface area contributed by atoms with Crippen molar-refractivity contribution in [1.29, 1.82) is 0 Å². The summed E-state index contributed by atoms with van der Waals surface area (Å²) in [7, 11) is 1.68. The van der Waals surface area contributed by atoms with Crippen molar-refractivity contribution in [2.45, 2.75) is 6.42 Å². The molecule has 0 spiro atoms. The van der Waals surface area contributed by atoms with Gasteiger partial charge in [-0.3, -0.25) is 4.98 Å². The predicted octanol–water partition coefficient (Wildman–Crippen LogP) is 4.54. The maximum atomic E-state index is 5.73. The van der Waals surface area contributed by atoms with Gasteiger partial charge in [0.15, 0.2) is 0 Å². The average Bonchev–Trinajstić information content (AvgIpc) is 2.65. The summed E-state index contributed by atoms with van der Waals surface area (Å²) in [4.78, 5) is 4.03. The van der Waals surface area contributed by atoms with Crippen molar-refractivity contribution in [2.75, 3.05) is 19.0 Å². The Labute approximate surface area is 142 Å². The number of hydrogen-bond donors (Lipinski definition) is 1. The molecule has 4 heteroatoms. The number of pyridine rings is 1. The first-order valence-corrected chi connectivity index (χ1v) is 7.88. The van der Waals surface area contributed by atoms with E-state index in [-0.39, 0.29) is 0 Å².